The number of aliphatic hydroxyl groups is 1. The summed E-state index contributed by atoms with van der Waals surface area (Å²) in [6.07, 6.45) is 4.04. The molecule has 0 radical (unpaired) electrons. The van der Waals surface area contributed by atoms with E-state index in [-0.39, 0.29) is 11.3 Å². The lowest BCUT2D eigenvalue weighted by Crippen LogP contribution is -2.49. The molecule has 0 aromatic heterocycles. The monoisotopic (exact) mass is 400 g/mol. The van der Waals surface area contributed by atoms with Gasteiger partial charge in [0, 0.05) is 17.6 Å². The van der Waals surface area contributed by atoms with Gasteiger partial charge in [-0.15, -0.1) is 0 Å². The van der Waals surface area contributed by atoms with E-state index in [9.17, 15) is 20.0 Å². The Labute approximate surface area is 170 Å². The van der Waals surface area contributed by atoms with E-state index in [1.165, 1.54) is 5.56 Å². The molecule has 2 aliphatic rings. The van der Waals surface area contributed by atoms with Gasteiger partial charge in [0.05, 0.1) is 17.2 Å². The minimum absolute atomic E-state index is 0.177. The fourth-order valence-corrected chi connectivity index (χ4v) is 4.47. The number of hydrogen-bond donors (Lipinski definition) is 3. The van der Waals surface area contributed by atoms with E-state index in [0.717, 1.165) is 37.9 Å². The second-order valence-electron chi connectivity index (χ2n) is 8.40. The largest absolute Gasteiger partial charge is 0.478 e. The highest BCUT2D eigenvalue weighted by molar-refractivity contribution is 5.89. The van der Waals surface area contributed by atoms with Crippen molar-refractivity contribution in [3.63, 3.8) is 0 Å². The second kappa shape index (κ2) is 8.76. The maximum absolute atomic E-state index is 11.7. The van der Waals surface area contributed by atoms with Crippen LogP contribution in [0.2, 0.25) is 0 Å². The summed E-state index contributed by atoms with van der Waals surface area (Å²) in [6, 6.07) is 8.03. The Balaban J connectivity index is 0.000000321. The number of piperidine rings is 1. The Bertz CT molecular complexity index is 831. The van der Waals surface area contributed by atoms with Crippen molar-refractivity contribution in [2.75, 3.05) is 20.1 Å². The van der Waals surface area contributed by atoms with Gasteiger partial charge in [-0.1, -0.05) is 19.9 Å². The lowest BCUT2D eigenvalue weighted by molar-refractivity contribution is -0.134. The van der Waals surface area contributed by atoms with Gasteiger partial charge in [0.1, 0.15) is 0 Å². The van der Waals surface area contributed by atoms with Crippen molar-refractivity contribution in [3.05, 3.63) is 47.0 Å². The fourth-order valence-electron chi connectivity index (χ4n) is 4.47. The summed E-state index contributed by atoms with van der Waals surface area (Å²) in [5.74, 6) is -2.24. The molecule has 1 heterocycles. The quantitative estimate of drug-likeness (QED) is 0.666. The topological polar surface area (TPSA) is 122 Å². The van der Waals surface area contributed by atoms with Gasteiger partial charge >= 0.3 is 11.9 Å². The molecule has 1 aromatic rings. The van der Waals surface area contributed by atoms with E-state index < -0.39 is 17.5 Å². The highest BCUT2D eigenvalue weighted by Crippen LogP contribution is 2.56. The fraction of sp³-hybridized carbons (Fsp3) is 0.500. The lowest BCUT2D eigenvalue weighted by atomic mass is 9.65. The van der Waals surface area contributed by atoms with Gasteiger partial charge in [-0.3, -0.25) is 0 Å². The van der Waals surface area contributed by atoms with Crippen LogP contribution in [0, 0.1) is 22.7 Å². The highest BCUT2D eigenvalue weighted by atomic mass is 16.4. The van der Waals surface area contributed by atoms with Gasteiger partial charge in [0.2, 0.25) is 0 Å². The van der Waals surface area contributed by atoms with Gasteiger partial charge in [-0.05, 0) is 68.6 Å². The molecule has 1 saturated heterocycles. The Morgan fingerprint density at radius 1 is 1.17 bits per heavy atom. The molecule has 0 bridgehead atoms. The van der Waals surface area contributed by atoms with Gasteiger partial charge in [0.15, 0.2) is 0 Å². The van der Waals surface area contributed by atoms with E-state index in [1.54, 1.807) is 0 Å². The van der Waals surface area contributed by atoms with Crippen LogP contribution in [0.1, 0.15) is 43.4 Å². The molecular formula is C22H28N2O5. The van der Waals surface area contributed by atoms with Crippen molar-refractivity contribution in [3.8, 4) is 6.07 Å². The average Bonchev–Trinajstić information content (AvgIpc) is 2.87. The number of carbonyl (C=O) groups is 2. The Kier molecular flexibility index (Phi) is 6.83. The molecule has 1 aliphatic heterocycles. The van der Waals surface area contributed by atoms with Crippen LogP contribution in [0.4, 0.5) is 0 Å². The summed E-state index contributed by atoms with van der Waals surface area (Å²) >= 11 is 0. The number of fused-ring (bicyclic) bond motifs is 1. The van der Waals surface area contributed by atoms with Crippen LogP contribution in [-0.2, 0) is 21.6 Å². The maximum atomic E-state index is 11.7. The van der Waals surface area contributed by atoms with Crippen LogP contribution in [-0.4, -0.2) is 52.3 Å². The van der Waals surface area contributed by atoms with Crippen molar-refractivity contribution in [2.45, 2.75) is 38.7 Å². The van der Waals surface area contributed by atoms with E-state index in [1.807, 2.05) is 18.2 Å². The Hall–Kier alpha value is -2.69. The van der Waals surface area contributed by atoms with Crippen LogP contribution in [0.15, 0.2) is 30.4 Å². The summed E-state index contributed by atoms with van der Waals surface area (Å²) < 4.78 is 0. The molecule has 0 spiro atoms. The molecular weight excluding hydrogens is 372 g/mol. The molecule has 1 aromatic carbocycles. The van der Waals surface area contributed by atoms with Crippen LogP contribution < -0.4 is 0 Å². The Morgan fingerprint density at radius 3 is 2.21 bits per heavy atom. The third kappa shape index (κ3) is 4.84. The molecule has 7 nitrogen and oxygen atoms in total. The summed E-state index contributed by atoms with van der Waals surface area (Å²) in [7, 11) is 2.14. The SMILES string of the molecule is CN1CCC(C2(O)c3cc(C#N)ccc3CC2(C)C)CC1.O=C(O)/C=C/C(=O)O. The molecule has 156 valence electrons. The van der Waals surface area contributed by atoms with E-state index in [2.05, 4.69) is 31.9 Å². The first-order valence-corrected chi connectivity index (χ1v) is 9.59. The van der Waals surface area contributed by atoms with Crippen molar-refractivity contribution in [2.24, 2.45) is 11.3 Å². The van der Waals surface area contributed by atoms with Crippen LogP contribution in [0.3, 0.4) is 0 Å². The second-order valence-corrected chi connectivity index (χ2v) is 8.40. The molecule has 1 unspecified atom stereocenters. The number of nitrogens with zero attached hydrogens (tertiary/aromatic N) is 2. The van der Waals surface area contributed by atoms with Gasteiger partial charge in [0.25, 0.3) is 0 Å². The molecule has 1 fully saturated rings. The third-order valence-corrected chi connectivity index (χ3v) is 5.99. The maximum Gasteiger partial charge on any atom is 0.328 e. The molecule has 0 amide bonds. The number of likely N-dealkylation sites (tertiary alicyclic amines) is 1. The number of carboxylic acids is 2. The average molecular weight is 400 g/mol. The van der Waals surface area contributed by atoms with Gasteiger partial charge < -0.3 is 20.2 Å². The van der Waals surface area contributed by atoms with Gasteiger partial charge in [-0.2, -0.15) is 5.26 Å². The predicted octanol–water partition coefficient (Wildman–Crippen LogP) is 2.38. The standard InChI is InChI=1S/C18H24N2O.C4H4O4/c1-17(2)11-14-5-4-13(12-19)10-16(14)18(17,21)15-6-8-20(3)9-7-15;5-3(6)1-2-4(7)8/h4-5,10,15,21H,6-9,11H2,1-3H3;1-2H,(H,5,6)(H,7,8)/b;2-1+. The molecule has 3 rings (SSSR count). The zero-order chi connectivity index (χ0) is 21.8. The number of hydrogen-bond acceptors (Lipinski definition) is 5. The minimum Gasteiger partial charge on any atom is -0.478 e. The third-order valence-electron chi connectivity index (χ3n) is 5.99. The number of nitriles is 1. The first-order valence-electron chi connectivity index (χ1n) is 9.59. The number of rotatable bonds is 3. The minimum atomic E-state index is -1.26. The van der Waals surface area contributed by atoms with Gasteiger partial charge in [-0.25, -0.2) is 9.59 Å². The first-order chi connectivity index (χ1) is 13.5. The molecule has 0 saturated carbocycles. The smallest absolute Gasteiger partial charge is 0.328 e. The van der Waals surface area contributed by atoms with E-state index in [4.69, 9.17) is 10.2 Å². The summed E-state index contributed by atoms with van der Waals surface area (Å²) in [5, 5.41) is 36.5. The zero-order valence-electron chi connectivity index (χ0n) is 17.1. The predicted molar refractivity (Wildman–Crippen MR) is 107 cm³/mol. The van der Waals surface area contributed by atoms with E-state index >= 15 is 0 Å². The summed E-state index contributed by atoms with van der Waals surface area (Å²) in [5.41, 5.74) is 1.87. The molecule has 7 heteroatoms. The summed E-state index contributed by atoms with van der Waals surface area (Å²) in [4.78, 5) is 21.4. The Morgan fingerprint density at radius 2 is 1.72 bits per heavy atom. The van der Waals surface area contributed by atoms with Crippen LogP contribution in [0.5, 0.6) is 0 Å². The van der Waals surface area contributed by atoms with Crippen LogP contribution in [0.25, 0.3) is 0 Å². The lowest BCUT2D eigenvalue weighted by Gasteiger charge is -2.46. The summed E-state index contributed by atoms with van der Waals surface area (Å²) in [6.45, 7) is 6.40. The molecule has 1 atom stereocenters. The molecule has 3 N–H and O–H groups in total. The van der Waals surface area contributed by atoms with E-state index in [0.29, 0.717) is 17.7 Å². The van der Waals surface area contributed by atoms with Crippen molar-refractivity contribution < 1.29 is 24.9 Å². The molecule has 29 heavy (non-hydrogen) atoms. The normalized spacial score (nSPS) is 23.7. The molecule has 1 aliphatic carbocycles. The zero-order valence-corrected chi connectivity index (χ0v) is 17.1. The number of aliphatic carboxylic acids is 2. The van der Waals surface area contributed by atoms with Crippen molar-refractivity contribution in [1.82, 2.24) is 4.90 Å². The number of benzene rings is 1. The van der Waals surface area contributed by atoms with Crippen LogP contribution >= 0.6 is 0 Å². The van der Waals surface area contributed by atoms with Crippen molar-refractivity contribution >= 4 is 11.9 Å². The number of carboxylic acid groups (broad SMARTS) is 2. The van der Waals surface area contributed by atoms with Crippen molar-refractivity contribution in [1.29, 1.82) is 5.26 Å². The first kappa shape index (κ1) is 22.6. The highest BCUT2D eigenvalue weighted by Gasteiger charge is 2.55.